The van der Waals surface area contributed by atoms with E-state index in [1.807, 2.05) is 24.3 Å². The molecule has 3 nitrogen and oxygen atoms in total. The zero-order chi connectivity index (χ0) is 14.7. The van der Waals surface area contributed by atoms with E-state index in [2.05, 4.69) is 19.2 Å². The van der Waals surface area contributed by atoms with E-state index < -0.39 is 5.82 Å². The first kappa shape index (κ1) is 14.1. The molecule has 20 heavy (non-hydrogen) atoms. The maximum Gasteiger partial charge on any atom is 0.257 e. The molecule has 0 atom stereocenters. The van der Waals surface area contributed by atoms with Crippen molar-refractivity contribution < 1.29 is 9.18 Å². The number of nitrogens with one attached hydrogen (secondary N) is 1. The van der Waals surface area contributed by atoms with Crippen LogP contribution in [0.15, 0.2) is 42.5 Å². The molecule has 2 rings (SSSR count). The number of halogens is 1. The van der Waals surface area contributed by atoms with Gasteiger partial charge < -0.3 is 11.1 Å². The van der Waals surface area contributed by atoms with Crippen molar-refractivity contribution in [1.29, 1.82) is 0 Å². The Balaban J connectivity index is 2.15. The summed E-state index contributed by atoms with van der Waals surface area (Å²) in [5, 5.41) is 2.74. The Hall–Kier alpha value is -2.36. The fourth-order valence-corrected chi connectivity index (χ4v) is 1.89. The van der Waals surface area contributed by atoms with Crippen LogP contribution in [0.4, 0.5) is 15.8 Å². The summed E-state index contributed by atoms with van der Waals surface area (Å²) < 4.78 is 12.9. The van der Waals surface area contributed by atoms with Crippen LogP contribution in [0.25, 0.3) is 0 Å². The Bertz CT molecular complexity index is 621. The van der Waals surface area contributed by atoms with Crippen LogP contribution in [0.2, 0.25) is 0 Å². The third-order valence-corrected chi connectivity index (χ3v) is 3.09. The molecule has 104 valence electrons. The highest BCUT2D eigenvalue weighted by molar-refractivity contribution is 6.07. The van der Waals surface area contributed by atoms with E-state index in [0.29, 0.717) is 11.6 Å². The lowest BCUT2D eigenvalue weighted by Gasteiger charge is -2.09. The molecule has 0 bridgehead atoms. The lowest BCUT2D eigenvalue weighted by molar-refractivity contribution is 0.102. The van der Waals surface area contributed by atoms with E-state index in [-0.39, 0.29) is 17.2 Å². The molecule has 0 aliphatic carbocycles. The lowest BCUT2D eigenvalue weighted by Crippen LogP contribution is -2.14. The van der Waals surface area contributed by atoms with Gasteiger partial charge in [-0.05, 0) is 41.8 Å². The highest BCUT2D eigenvalue weighted by atomic mass is 19.1. The first-order valence-corrected chi connectivity index (χ1v) is 6.43. The van der Waals surface area contributed by atoms with Crippen LogP contribution < -0.4 is 11.1 Å². The first-order valence-electron chi connectivity index (χ1n) is 6.43. The Kier molecular flexibility index (Phi) is 4.03. The number of nitrogen functional groups attached to an aromatic ring is 1. The van der Waals surface area contributed by atoms with Gasteiger partial charge in [0.15, 0.2) is 0 Å². The molecule has 0 fully saturated rings. The molecule has 3 N–H and O–H groups in total. The maximum absolute atomic E-state index is 12.9. The third kappa shape index (κ3) is 3.15. The van der Waals surface area contributed by atoms with Gasteiger partial charge in [0.1, 0.15) is 5.82 Å². The van der Waals surface area contributed by atoms with Gasteiger partial charge in [0.05, 0.1) is 5.56 Å². The number of nitrogens with two attached hydrogens (primary N) is 1. The molecule has 0 saturated carbocycles. The second-order valence-corrected chi connectivity index (χ2v) is 4.96. The molecule has 0 unspecified atom stereocenters. The van der Waals surface area contributed by atoms with E-state index in [0.717, 1.165) is 6.07 Å². The van der Waals surface area contributed by atoms with E-state index in [9.17, 15) is 9.18 Å². The summed E-state index contributed by atoms with van der Waals surface area (Å²) >= 11 is 0. The Morgan fingerprint density at radius 3 is 2.35 bits per heavy atom. The molecule has 2 aromatic carbocycles. The lowest BCUT2D eigenvalue weighted by atomic mass is 10.0. The monoisotopic (exact) mass is 272 g/mol. The number of rotatable bonds is 3. The summed E-state index contributed by atoms with van der Waals surface area (Å²) in [5.41, 5.74) is 7.91. The fourth-order valence-electron chi connectivity index (χ4n) is 1.89. The largest absolute Gasteiger partial charge is 0.398 e. The van der Waals surface area contributed by atoms with E-state index in [1.54, 1.807) is 0 Å². The Morgan fingerprint density at radius 2 is 1.80 bits per heavy atom. The van der Waals surface area contributed by atoms with Gasteiger partial charge >= 0.3 is 0 Å². The first-order chi connectivity index (χ1) is 9.47. The molecule has 0 heterocycles. The van der Waals surface area contributed by atoms with Crippen LogP contribution in [0.3, 0.4) is 0 Å². The molecular weight excluding hydrogens is 255 g/mol. The van der Waals surface area contributed by atoms with Gasteiger partial charge in [-0.2, -0.15) is 0 Å². The minimum atomic E-state index is -0.458. The second kappa shape index (κ2) is 5.74. The summed E-state index contributed by atoms with van der Waals surface area (Å²) in [4.78, 5) is 12.1. The third-order valence-electron chi connectivity index (χ3n) is 3.09. The van der Waals surface area contributed by atoms with Gasteiger partial charge in [-0.15, -0.1) is 0 Å². The summed E-state index contributed by atoms with van der Waals surface area (Å²) in [6, 6.07) is 11.3. The van der Waals surface area contributed by atoms with Crippen LogP contribution >= 0.6 is 0 Å². The topological polar surface area (TPSA) is 55.1 Å². The molecule has 0 radical (unpaired) electrons. The molecule has 0 aromatic heterocycles. The molecule has 2 aromatic rings. The maximum atomic E-state index is 12.9. The van der Waals surface area contributed by atoms with Crippen molar-refractivity contribution in [2.45, 2.75) is 19.8 Å². The van der Waals surface area contributed by atoms with Gasteiger partial charge in [-0.25, -0.2) is 4.39 Å². The summed E-state index contributed by atoms with van der Waals surface area (Å²) in [5.74, 6) is -0.368. The zero-order valence-electron chi connectivity index (χ0n) is 11.5. The van der Waals surface area contributed by atoms with Crippen LogP contribution in [-0.2, 0) is 0 Å². The van der Waals surface area contributed by atoms with Gasteiger partial charge in [0, 0.05) is 11.4 Å². The molecule has 0 aliphatic rings. The number of anilines is 2. The van der Waals surface area contributed by atoms with Crippen molar-refractivity contribution >= 4 is 17.3 Å². The van der Waals surface area contributed by atoms with E-state index in [4.69, 9.17) is 5.73 Å². The summed E-state index contributed by atoms with van der Waals surface area (Å²) in [7, 11) is 0. The molecule has 4 heteroatoms. The average Bonchev–Trinajstić information content (AvgIpc) is 2.39. The van der Waals surface area contributed by atoms with Crippen molar-refractivity contribution in [3.8, 4) is 0 Å². The van der Waals surface area contributed by atoms with Crippen molar-refractivity contribution in [3.63, 3.8) is 0 Å². The predicted molar refractivity (Wildman–Crippen MR) is 79.3 cm³/mol. The minimum Gasteiger partial charge on any atom is -0.398 e. The van der Waals surface area contributed by atoms with Crippen molar-refractivity contribution in [2.24, 2.45) is 0 Å². The molecule has 0 saturated heterocycles. The fraction of sp³-hybridized carbons (Fsp3) is 0.188. The van der Waals surface area contributed by atoms with Crippen LogP contribution in [0.5, 0.6) is 0 Å². The Morgan fingerprint density at radius 1 is 1.15 bits per heavy atom. The normalized spacial score (nSPS) is 10.6. The van der Waals surface area contributed by atoms with E-state index in [1.165, 1.54) is 17.7 Å². The van der Waals surface area contributed by atoms with Crippen LogP contribution in [0.1, 0.15) is 35.7 Å². The molecule has 0 spiro atoms. The second-order valence-electron chi connectivity index (χ2n) is 4.96. The molecule has 0 aliphatic heterocycles. The summed E-state index contributed by atoms with van der Waals surface area (Å²) in [6.07, 6.45) is 0. The zero-order valence-corrected chi connectivity index (χ0v) is 11.5. The average molecular weight is 272 g/mol. The number of carbonyl (C=O) groups is 1. The van der Waals surface area contributed by atoms with Crippen molar-refractivity contribution in [3.05, 3.63) is 59.4 Å². The van der Waals surface area contributed by atoms with Crippen molar-refractivity contribution in [1.82, 2.24) is 0 Å². The molecular formula is C16H17FN2O. The minimum absolute atomic E-state index is 0.126. The standard InChI is InChI=1S/C16H17FN2O/c1-10(2)11-3-6-13(7-4-11)19-16(20)14-8-5-12(17)9-15(14)18/h3-10H,18H2,1-2H3,(H,19,20). The highest BCUT2D eigenvalue weighted by Crippen LogP contribution is 2.19. The highest BCUT2D eigenvalue weighted by Gasteiger charge is 2.10. The number of hydrogen-bond donors (Lipinski definition) is 2. The predicted octanol–water partition coefficient (Wildman–Crippen LogP) is 3.78. The van der Waals surface area contributed by atoms with Crippen molar-refractivity contribution in [2.75, 3.05) is 11.1 Å². The van der Waals surface area contributed by atoms with Crippen LogP contribution in [-0.4, -0.2) is 5.91 Å². The van der Waals surface area contributed by atoms with E-state index >= 15 is 0 Å². The van der Waals surface area contributed by atoms with Gasteiger partial charge in [-0.3, -0.25) is 4.79 Å². The quantitative estimate of drug-likeness (QED) is 0.835. The summed E-state index contributed by atoms with van der Waals surface area (Å²) in [6.45, 7) is 4.21. The van der Waals surface area contributed by atoms with Crippen LogP contribution in [0, 0.1) is 5.82 Å². The number of benzene rings is 2. The van der Waals surface area contributed by atoms with Gasteiger partial charge in [0.25, 0.3) is 5.91 Å². The number of hydrogen-bond acceptors (Lipinski definition) is 2. The number of amides is 1. The Labute approximate surface area is 117 Å². The SMILES string of the molecule is CC(C)c1ccc(NC(=O)c2ccc(F)cc2N)cc1. The van der Waals surface area contributed by atoms with Gasteiger partial charge in [-0.1, -0.05) is 26.0 Å². The smallest absolute Gasteiger partial charge is 0.257 e. The van der Waals surface area contributed by atoms with Gasteiger partial charge in [0.2, 0.25) is 0 Å². The molecule has 1 amide bonds. The number of carbonyl (C=O) groups excluding carboxylic acids is 1.